The number of nitrogens with one attached hydrogen (secondary N) is 1. The van der Waals surface area contributed by atoms with E-state index in [9.17, 15) is 0 Å². The van der Waals surface area contributed by atoms with Crippen molar-refractivity contribution in [3.8, 4) is 0 Å². The van der Waals surface area contributed by atoms with Crippen LogP contribution in [0.15, 0.2) is 17.0 Å². The second-order valence-corrected chi connectivity index (χ2v) is 5.42. The number of nitrogens with zero attached hydrogens (tertiary/aromatic N) is 3. The number of aromatic nitrogens is 2. The number of rotatable bonds is 1. The minimum absolute atomic E-state index is 0.649. The van der Waals surface area contributed by atoms with Gasteiger partial charge in [0.15, 0.2) is 0 Å². The zero-order valence-electron chi connectivity index (χ0n) is 9.06. The standard InChI is InChI=1S/C11H15BrN4/c12-9-4-13-7-15-11(9)16-5-8-2-1-3-14-10(8)6-16/h4,7-8,10,14H,1-3,5-6H2/t8-,10+/m0/s1. The summed E-state index contributed by atoms with van der Waals surface area (Å²) >= 11 is 3.52. The molecule has 3 rings (SSSR count). The van der Waals surface area contributed by atoms with Gasteiger partial charge in [-0.05, 0) is 41.2 Å². The molecule has 86 valence electrons. The number of piperidine rings is 1. The first kappa shape index (κ1) is 10.5. The largest absolute Gasteiger partial charge is 0.354 e. The minimum Gasteiger partial charge on any atom is -0.354 e. The van der Waals surface area contributed by atoms with Crippen LogP contribution in [0.25, 0.3) is 0 Å². The third kappa shape index (κ3) is 1.82. The van der Waals surface area contributed by atoms with E-state index in [0.717, 1.165) is 29.3 Å². The summed E-state index contributed by atoms with van der Waals surface area (Å²) in [5.74, 6) is 1.82. The van der Waals surface area contributed by atoms with Crippen LogP contribution in [0.4, 0.5) is 5.82 Å². The fraction of sp³-hybridized carbons (Fsp3) is 0.636. The molecule has 1 N–H and O–H groups in total. The van der Waals surface area contributed by atoms with Crippen molar-refractivity contribution in [1.29, 1.82) is 0 Å². The molecule has 0 unspecified atom stereocenters. The first-order valence-electron chi connectivity index (χ1n) is 5.78. The molecular formula is C11H15BrN4. The summed E-state index contributed by atoms with van der Waals surface area (Å²) in [6.45, 7) is 3.35. The van der Waals surface area contributed by atoms with Gasteiger partial charge in [0.2, 0.25) is 0 Å². The average Bonchev–Trinajstić information content (AvgIpc) is 2.73. The van der Waals surface area contributed by atoms with E-state index >= 15 is 0 Å². The van der Waals surface area contributed by atoms with E-state index in [-0.39, 0.29) is 0 Å². The van der Waals surface area contributed by atoms with E-state index < -0.39 is 0 Å². The van der Waals surface area contributed by atoms with Gasteiger partial charge in [-0.25, -0.2) is 9.97 Å². The van der Waals surface area contributed by atoms with Gasteiger partial charge in [-0.15, -0.1) is 0 Å². The molecular weight excluding hydrogens is 268 g/mol. The van der Waals surface area contributed by atoms with E-state index in [0.29, 0.717) is 6.04 Å². The Kier molecular flexibility index (Phi) is 2.81. The fourth-order valence-electron chi connectivity index (χ4n) is 2.76. The number of anilines is 1. The monoisotopic (exact) mass is 282 g/mol. The van der Waals surface area contributed by atoms with Gasteiger partial charge in [-0.2, -0.15) is 0 Å². The molecule has 0 amide bonds. The summed E-state index contributed by atoms with van der Waals surface area (Å²) in [5.41, 5.74) is 0. The quantitative estimate of drug-likeness (QED) is 0.846. The molecule has 0 aliphatic carbocycles. The van der Waals surface area contributed by atoms with Crippen LogP contribution in [-0.4, -0.2) is 35.6 Å². The Bertz CT molecular complexity index is 370. The number of fused-ring (bicyclic) bond motifs is 1. The summed E-state index contributed by atoms with van der Waals surface area (Å²) < 4.78 is 0.994. The lowest BCUT2D eigenvalue weighted by Gasteiger charge is -2.24. The predicted molar refractivity (Wildman–Crippen MR) is 66.5 cm³/mol. The first-order chi connectivity index (χ1) is 7.84. The summed E-state index contributed by atoms with van der Waals surface area (Å²) in [5, 5.41) is 3.60. The zero-order valence-corrected chi connectivity index (χ0v) is 10.7. The molecule has 3 heterocycles. The summed E-state index contributed by atoms with van der Waals surface area (Å²) in [6.07, 6.45) is 6.09. The van der Waals surface area contributed by atoms with Gasteiger partial charge < -0.3 is 10.2 Å². The molecule has 0 aromatic carbocycles. The van der Waals surface area contributed by atoms with Crippen molar-refractivity contribution in [2.75, 3.05) is 24.5 Å². The normalized spacial score (nSPS) is 29.2. The Morgan fingerprint density at radius 3 is 3.19 bits per heavy atom. The second-order valence-electron chi connectivity index (χ2n) is 4.56. The van der Waals surface area contributed by atoms with Crippen LogP contribution in [-0.2, 0) is 0 Å². The molecule has 2 aliphatic rings. The lowest BCUT2D eigenvalue weighted by Crippen LogP contribution is -2.40. The molecule has 1 aromatic rings. The van der Waals surface area contributed by atoms with Gasteiger partial charge >= 0.3 is 0 Å². The molecule has 16 heavy (non-hydrogen) atoms. The smallest absolute Gasteiger partial charge is 0.146 e. The van der Waals surface area contributed by atoms with Gasteiger partial charge in [0, 0.05) is 25.3 Å². The van der Waals surface area contributed by atoms with Crippen LogP contribution >= 0.6 is 15.9 Å². The predicted octanol–water partition coefficient (Wildman–Crippen LogP) is 1.43. The SMILES string of the molecule is Brc1cncnc1N1C[C@@H]2CCCN[C@@H]2C1. The minimum atomic E-state index is 0.649. The molecule has 0 bridgehead atoms. The van der Waals surface area contributed by atoms with Crippen LogP contribution in [0, 0.1) is 5.92 Å². The third-order valence-electron chi connectivity index (χ3n) is 3.55. The third-order valence-corrected chi connectivity index (χ3v) is 4.11. The summed E-state index contributed by atoms with van der Waals surface area (Å²) in [4.78, 5) is 10.7. The van der Waals surface area contributed by atoms with Crippen molar-refractivity contribution in [2.45, 2.75) is 18.9 Å². The Labute approximate surface area is 104 Å². The highest BCUT2D eigenvalue weighted by molar-refractivity contribution is 9.10. The van der Waals surface area contributed by atoms with Gasteiger partial charge in [0.05, 0.1) is 4.47 Å². The Morgan fingerprint density at radius 2 is 2.38 bits per heavy atom. The second kappa shape index (κ2) is 4.30. The van der Waals surface area contributed by atoms with Gasteiger partial charge in [0.25, 0.3) is 0 Å². The number of hydrogen-bond acceptors (Lipinski definition) is 4. The summed E-state index contributed by atoms with van der Waals surface area (Å²) in [7, 11) is 0. The molecule has 2 atom stereocenters. The van der Waals surface area contributed by atoms with E-state index in [1.54, 1.807) is 6.33 Å². The molecule has 2 aliphatic heterocycles. The maximum absolute atomic E-state index is 4.36. The van der Waals surface area contributed by atoms with Gasteiger partial charge in [-0.3, -0.25) is 0 Å². The molecule has 4 nitrogen and oxygen atoms in total. The van der Waals surface area contributed by atoms with Crippen molar-refractivity contribution >= 4 is 21.7 Å². The van der Waals surface area contributed by atoms with Crippen LogP contribution in [0.5, 0.6) is 0 Å². The molecule has 0 spiro atoms. The molecule has 2 saturated heterocycles. The van der Waals surface area contributed by atoms with Crippen LogP contribution in [0.3, 0.4) is 0 Å². The van der Waals surface area contributed by atoms with E-state index in [1.165, 1.54) is 19.4 Å². The Morgan fingerprint density at radius 1 is 1.44 bits per heavy atom. The first-order valence-corrected chi connectivity index (χ1v) is 6.58. The lowest BCUT2D eigenvalue weighted by molar-refractivity contribution is 0.340. The molecule has 5 heteroatoms. The van der Waals surface area contributed by atoms with Crippen molar-refractivity contribution in [3.63, 3.8) is 0 Å². The topological polar surface area (TPSA) is 41.1 Å². The Balaban J connectivity index is 1.80. The van der Waals surface area contributed by atoms with E-state index in [4.69, 9.17) is 0 Å². The fourth-order valence-corrected chi connectivity index (χ4v) is 3.23. The van der Waals surface area contributed by atoms with Crippen molar-refractivity contribution < 1.29 is 0 Å². The highest BCUT2D eigenvalue weighted by Crippen LogP contribution is 2.31. The average molecular weight is 283 g/mol. The van der Waals surface area contributed by atoms with Crippen LogP contribution in [0.2, 0.25) is 0 Å². The molecule has 1 aromatic heterocycles. The molecule has 0 radical (unpaired) electrons. The summed E-state index contributed by atoms with van der Waals surface area (Å²) in [6, 6.07) is 0.649. The maximum Gasteiger partial charge on any atom is 0.146 e. The van der Waals surface area contributed by atoms with Gasteiger partial charge in [0.1, 0.15) is 12.1 Å². The highest BCUT2D eigenvalue weighted by atomic mass is 79.9. The van der Waals surface area contributed by atoms with Crippen molar-refractivity contribution in [1.82, 2.24) is 15.3 Å². The highest BCUT2D eigenvalue weighted by Gasteiger charge is 2.35. The van der Waals surface area contributed by atoms with Crippen molar-refractivity contribution in [2.24, 2.45) is 5.92 Å². The van der Waals surface area contributed by atoms with E-state index in [1.807, 2.05) is 6.20 Å². The number of hydrogen-bond donors (Lipinski definition) is 1. The molecule has 2 fully saturated rings. The van der Waals surface area contributed by atoms with E-state index in [2.05, 4.69) is 36.1 Å². The maximum atomic E-state index is 4.36. The van der Waals surface area contributed by atoms with Gasteiger partial charge in [-0.1, -0.05) is 0 Å². The van der Waals surface area contributed by atoms with Crippen molar-refractivity contribution in [3.05, 3.63) is 17.0 Å². The van der Waals surface area contributed by atoms with Crippen LogP contribution < -0.4 is 10.2 Å². The lowest BCUT2D eigenvalue weighted by atomic mass is 9.94. The zero-order chi connectivity index (χ0) is 11.0. The van der Waals surface area contributed by atoms with Crippen LogP contribution in [0.1, 0.15) is 12.8 Å². The molecule has 0 saturated carbocycles. The number of halogens is 1. The Hall–Kier alpha value is -0.680.